The molecule has 2 bridgehead atoms. The van der Waals surface area contributed by atoms with Crippen LogP contribution in [0.25, 0.3) is 0 Å². The molecule has 0 amide bonds. The number of hydrogen-bond donors (Lipinski definition) is 1. The molecule has 0 aromatic heterocycles. The molecular weight excluding hydrogens is 276 g/mol. The van der Waals surface area contributed by atoms with Crippen LogP contribution in [0.5, 0.6) is 0 Å². The van der Waals surface area contributed by atoms with E-state index in [0.717, 1.165) is 44.1 Å². The van der Waals surface area contributed by atoms with Gasteiger partial charge < -0.3 is 9.84 Å². The molecule has 0 heterocycles. The molecule has 3 fully saturated rings. The summed E-state index contributed by atoms with van der Waals surface area (Å²) >= 11 is 0. The quantitative estimate of drug-likeness (QED) is 0.667. The number of carbonyl (C=O) groups is 1. The molecule has 1 aromatic rings. The topological polar surface area (TPSA) is 46.5 Å². The maximum Gasteiger partial charge on any atom is 0.330 e. The number of aliphatic hydroxyl groups excluding tert-OH is 1. The van der Waals surface area contributed by atoms with Crippen LogP contribution in [-0.2, 0) is 16.1 Å². The molecule has 3 heteroatoms. The number of rotatable bonds is 5. The van der Waals surface area contributed by atoms with E-state index >= 15 is 0 Å². The first-order valence-electron chi connectivity index (χ1n) is 8.16. The van der Waals surface area contributed by atoms with Crippen LogP contribution in [-0.4, -0.2) is 17.7 Å². The van der Waals surface area contributed by atoms with Gasteiger partial charge in [0.05, 0.1) is 0 Å². The molecule has 1 N–H and O–H groups in total. The average molecular weight is 300 g/mol. The molecule has 0 atom stereocenters. The lowest BCUT2D eigenvalue weighted by Gasteiger charge is -2.51. The third-order valence-corrected chi connectivity index (χ3v) is 5.59. The number of carbonyl (C=O) groups excluding carboxylic acids is 1. The molecule has 22 heavy (non-hydrogen) atoms. The highest BCUT2D eigenvalue weighted by molar-refractivity contribution is 5.82. The van der Waals surface area contributed by atoms with Crippen molar-refractivity contribution < 1.29 is 14.6 Å². The Labute approximate surface area is 132 Å². The Kier molecular flexibility index (Phi) is 4.34. The zero-order valence-corrected chi connectivity index (χ0v) is 13.0. The van der Waals surface area contributed by atoms with Crippen molar-refractivity contribution in [1.29, 1.82) is 0 Å². The molecule has 0 aliphatic heterocycles. The lowest BCUT2D eigenvalue weighted by Crippen LogP contribution is -2.42. The third-order valence-electron chi connectivity index (χ3n) is 5.59. The second-order valence-corrected chi connectivity index (χ2v) is 6.95. The van der Waals surface area contributed by atoms with Crippen molar-refractivity contribution in [2.45, 2.75) is 45.1 Å². The zero-order chi connectivity index (χ0) is 15.5. The largest absolute Gasteiger partial charge is 0.458 e. The van der Waals surface area contributed by atoms with E-state index in [0.29, 0.717) is 13.2 Å². The summed E-state index contributed by atoms with van der Waals surface area (Å²) < 4.78 is 5.30. The molecule has 0 unspecified atom stereocenters. The van der Waals surface area contributed by atoms with Gasteiger partial charge in [0.1, 0.15) is 6.61 Å². The van der Waals surface area contributed by atoms with Gasteiger partial charge in [0.15, 0.2) is 0 Å². The average Bonchev–Trinajstić information content (AvgIpc) is 2.61. The van der Waals surface area contributed by atoms with Gasteiger partial charge in [-0.15, -0.1) is 0 Å². The summed E-state index contributed by atoms with van der Waals surface area (Å²) in [4.78, 5) is 11.9. The summed E-state index contributed by atoms with van der Waals surface area (Å²) in [5, 5.41) is 9.55. The molecule has 4 rings (SSSR count). The van der Waals surface area contributed by atoms with E-state index in [1.807, 2.05) is 30.3 Å². The highest BCUT2D eigenvalue weighted by atomic mass is 16.5. The predicted octanol–water partition coefficient (Wildman–Crippen LogP) is 3.62. The van der Waals surface area contributed by atoms with Crippen LogP contribution in [0.2, 0.25) is 0 Å². The van der Waals surface area contributed by atoms with E-state index < -0.39 is 0 Å². The lowest BCUT2D eigenvalue weighted by molar-refractivity contribution is -0.139. The Balaban J connectivity index is 1.52. The number of ether oxygens (including phenoxy) is 1. The highest BCUT2D eigenvalue weighted by Crippen LogP contribution is 2.57. The van der Waals surface area contributed by atoms with E-state index in [2.05, 4.69) is 6.08 Å². The molecule has 3 aliphatic rings. The molecule has 3 aliphatic carbocycles. The summed E-state index contributed by atoms with van der Waals surface area (Å²) in [6.45, 7) is 0.635. The zero-order valence-electron chi connectivity index (χ0n) is 13.0. The SMILES string of the molecule is O=C(/C=C/C12CCC(CO)(CC1)CC2)OCc1ccccc1. The molecule has 3 saturated carbocycles. The second kappa shape index (κ2) is 6.25. The van der Waals surface area contributed by atoms with Crippen LogP contribution < -0.4 is 0 Å². The minimum atomic E-state index is -0.261. The van der Waals surface area contributed by atoms with Crippen LogP contribution in [0.4, 0.5) is 0 Å². The van der Waals surface area contributed by atoms with Gasteiger partial charge in [0.25, 0.3) is 0 Å². The van der Waals surface area contributed by atoms with Gasteiger partial charge in [-0.1, -0.05) is 36.4 Å². The van der Waals surface area contributed by atoms with Crippen LogP contribution in [0, 0.1) is 10.8 Å². The van der Waals surface area contributed by atoms with Crippen molar-refractivity contribution in [3.8, 4) is 0 Å². The summed E-state index contributed by atoms with van der Waals surface area (Å²) in [6.07, 6.45) is 10.1. The standard InChI is InChI=1S/C19H24O3/c20-15-19-11-8-18(9-12-19,10-13-19)7-6-17(21)22-14-16-4-2-1-3-5-16/h1-7,20H,8-15H2/b7-6+. The van der Waals surface area contributed by atoms with Crippen LogP contribution >= 0.6 is 0 Å². The number of fused-ring (bicyclic) bond motifs is 3. The summed E-state index contributed by atoms with van der Waals surface area (Å²) in [7, 11) is 0. The van der Waals surface area contributed by atoms with Crippen molar-refractivity contribution in [1.82, 2.24) is 0 Å². The molecule has 3 nitrogen and oxygen atoms in total. The Morgan fingerprint density at radius 3 is 2.32 bits per heavy atom. The Hall–Kier alpha value is -1.61. The Bertz CT molecular complexity index is 523. The number of allylic oxidation sites excluding steroid dienone is 1. The number of esters is 1. The van der Waals surface area contributed by atoms with Gasteiger partial charge in [-0.25, -0.2) is 4.79 Å². The highest BCUT2D eigenvalue weighted by Gasteiger charge is 2.46. The van der Waals surface area contributed by atoms with E-state index in [-0.39, 0.29) is 16.8 Å². The van der Waals surface area contributed by atoms with Crippen molar-refractivity contribution in [3.63, 3.8) is 0 Å². The van der Waals surface area contributed by atoms with Crippen LogP contribution in [0.1, 0.15) is 44.1 Å². The van der Waals surface area contributed by atoms with Gasteiger partial charge in [-0.3, -0.25) is 0 Å². The second-order valence-electron chi connectivity index (χ2n) is 6.95. The van der Waals surface area contributed by atoms with Gasteiger partial charge in [0.2, 0.25) is 0 Å². The summed E-state index contributed by atoms with van der Waals surface area (Å²) in [5.74, 6) is -0.261. The fourth-order valence-electron chi connectivity index (χ4n) is 3.80. The minimum absolute atomic E-state index is 0.155. The van der Waals surface area contributed by atoms with Gasteiger partial charge in [0, 0.05) is 12.7 Å². The fourth-order valence-corrected chi connectivity index (χ4v) is 3.80. The Morgan fingerprint density at radius 1 is 1.09 bits per heavy atom. The van der Waals surface area contributed by atoms with Crippen molar-refractivity contribution in [3.05, 3.63) is 48.0 Å². The number of benzene rings is 1. The monoisotopic (exact) mass is 300 g/mol. The molecule has 0 saturated heterocycles. The first kappa shape index (κ1) is 15.3. The fraction of sp³-hybridized carbons (Fsp3) is 0.526. The minimum Gasteiger partial charge on any atom is -0.458 e. The third kappa shape index (κ3) is 3.25. The lowest BCUT2D eigenvalue weighted by atomic mass is 9.54. The van der Waals surface area contributed by atoms with Gasteiger partial charge in [-0.2, -0.15) is 0 Å². The smallest absolute Gasteiger partial charge is 0.330 e. The molecule has 0 radical (unpaired) electrons. The Morgan fingerprint density at radius 2 is 1.73 bits per heavy atom. The van der Waals surface area contributed by atoms with Crippen LogP contribution in [0.3, 0.4) is 0 Å². The van der Waals surface area contributed by atoms with Crippen molar-refractivity contribution in [2.75, 3.05) is 6.61 Å². The van der Waals surface area contributed by atoms with E-state index in [9.17, 15) is 9.90 Å². The molecule has 118 valence electrons. The van der Waals surface area contributed by atoms with E-state index in [4.69, 9.17) is 4.74 Å². The number of aliphatic hydroxyl groups is 1. The normalized spacial score (nSPS) is 30.6. The number of hydrogen-bond acceptors (Lipinski definition) is 3. The van der Waals surface area contributed by atoms with Crippen molar-refractivity contribution >= 4 is 5.97 Å². The molecule has 0 spiro atoms. The first-order chi connectivity index (χ1) is 10.7. The summed E-state index contributed by atoms with van der Waals surface area (Å²) in [5.41, 5.74) is 1.33. The first-order valence-corrected chi connectivity index (χ1v) is 8.16. The predicted molar refractivity (Wildman–Crippen MR) is 85.0 cm³/mol. The maximum atomic E-state index is 11.9. The molecule has 1 aromatic carbocycles. The maximum absolute atomic E-state index is 11.9. The van der Waals surface area contributed by atoms with Crippen molar-refractivity contribution in [2.24, 2.45) is 10.8 Å². The summed E-state index contributed by atoms with van der Waals surface area (Å²) in [6, 6.07) is 9.73. The van der Waals surface area contributed by atoms with Gasteiger partial charge in [-0.05, 0) is 54.9 Å². The van der Waals surface area contributed by atoms with E-state index in [1.54, 1.807) is 6.08 Å². The van der Waals surface area contributed by atoms with Gasteiger partial charge >= 0.3 is 5.97 Å². The van der Waals surface area contributed by atoms with E-state index in [1.165, 1.54) is 0 Å². The van der Waals surface area contributed by atoms with Crippen LogP contribution in [0.15, 0.2) is 42.5 Å². The molecular formula is C19H24O3.